The first kappa shape index (κ1) is 15.1. The predicted octanol–water partition coefficient (Wildman–Crippen LogP) is 2.54. The highest BCUT2D eigenvalue weighted by Crippen LogP contribution is 2.17. The molecular weight excluding hydrogens is 294 g/mol. The van der Waals surface area contributed by atoms with E-state index in [1.165, 1.54) is 0 Å². The summed E-state index contributed by atoms with van der Waals surface area (Å²) >= 11 is 0. The summed E-state index contributed by atoms with van der Waals surface area (Å²) in [5.41, 5.74) is 0.801. The van der Waals surface area contributed by atoms with Gasteiger partial charge in [-0.05, 0) is 24.1 Å². The molecule has 0 amide bonds. The summed E-state index contributed by atoms with van der Waals surface area (Å²) in [6, 6.07) is 13.9. The summed E-state index contributed by atoms with van der Waals surface area (Å²) in [4.78, 5) is 9.83. The molecule has 0 aromatic heterocycles. The van der Waals surface area contributed by atoms with Gasteiger partial charge < -0.3 is 0 Å². The van der Waals surface area contributed by atoms with Crippen LogP contribution in [0.3, 0.4) is 0 Å². The van der Waals surface area contributed by atoms with Gasteiger partial charge in [0.05, 0.1) is 16.4 Å². The quantitative estimate of drug-likeness (QED) is 0.465. The van der Waals surface area contributed by atoms with Crippen molar-refractivity contribution in [2.45, 2.75) is 11.3 Å². The molecule has 2 rings (SSSR count). The van der Waals surface area contributed by atoms with Crippen LogP contribution in [0.15, 0.2) is 59.5 Å². The minimum absolute atomic E-state index is 0.0172. The molecule has 0 heterocycles. The van der Waals surface area contributed by atoms with E-state index >= 15 is 0 Å². The Kier molecular flexibility index (Phi) is 4.66. The van der Waals surface area contributed by atoms with Crippen LogP contribution in [0.1, 0.15) is 5.56 Å². The Balaban J connectivity index is 2.00. The zero-order chi connectivity index (χ0) is 15.3. The lowest BCUT2D eigenvalue weighted by molar-refractivity contribution is -0.384. The number of benzene rings is 2. The fourth-order valence-electron chi connectivity index (χ4n) is 1.72. The van der Waals surface area contributed by atoms with Gasteiger partial charge in [-0.1, -0.05) is 30.3 Å². The minimum atomic E-state index is -3.90. The Hall–Kier alpha value is -2.25. The van der Waals surface area contributed by atoms with Crippen LogP contribution in [0.25, 0.3) is 0 Å². The van der Waals surface area contributed by atoms with Crippen molar-refractivity contribution in [2.24, 2.45) is 0 Å². The molecule has 0 bridgehead atoms. The maximum absolute atomic E-state index is 11.9. The molecule has 0 aliphatic carbocycles. The topological polar surface area (TPSA) is 86.5 Å². The summed E-state index contributed by atoms with van der Waals surface area (Å²) in [6.07, 6.45) is 0.465. The van der Waals surface area contributed by atoms with Crippen molar-refractivity contribution < 1.29 is 17.5 Å². The first-order valence-electron chi connectivity index (χ1n) is 6.17. The van der Waals surface area contributed by atoms with Crippen molar-refractivity contribution in [2.75, 3.05) is 6.61 Å². The lowest BCUT2D eigenvalue weighted by Crippen LogP contribution is -2.09. The zero-order valence-corrected chi connectivity index (χ0v) is 11.8. The van der Waals surface area contributed by atoms with Gasteiger partial charge in [0.15, 0.2) is 0 Å². The van der Waals surface area contributed by atoms with Crippen molar-refractivity contribution in [3.05, 3.63) is 70.3 Å². The average Bonchev–Trinajstić information content (AvgIpc) is 2.48. The van der Waals surface area contributed by atoms with Gasteiger partial charge >= 0.3 is 0 Å². The second kappa shape index (κ2) is 6.47. The number of hydrogen-bond donors (Lipinski definition) is 0. The van der Waals surface area contributed by atoms with Crippen molar-refractivity contribution in [3.63, 3.8) is 0 Å². The molecule has 7 heteroatoms. The maximum atomic E-state index is 11.9. The molecule has 2 aromatic rings. The fourth-order valence-corrected chi connectivity index (χ4v) is 2.62. The van der Waals surface area contributed by atoms with Crippen LogP contribution in [0.2, 0.25) is 0 Å². The second-order valence-corrected chi connectivity index (χ2v) is 5.88. The molecule has 0 atom stereocenters. The maximum Gasteiger partial charge on any atom is 0.296 e. The van der Waals surface area contributed by atoms with Crippen LogP contribution in [0.4, 0.5) is 5.69 Å². The summed E-state index contributed by atoms with van der Waals surface area (Å²) in [7, 11) is -3.90. The predicted molar refractivity (Wildman–Crippen MR) is 76.4 cm³/mol. The standard InChI is InChI=1S/C14H13NO5S/c16-15(17)13-6-8-14(9-7-13)21(18,19)20-11-10-12-4-2-1-3-5-12/h1-9H,10-11H2. The van der Waals surface area contributed by atoms with Crippen LogP contribution < -0.4 is 0 Å². The molecule has 6 nitrogen and oxygen atoms in total. The lowest BCUT2D eigenvalue weighted by atomic mass is 10.2. The molecule has 0 radical (unpaired) electrons. The molecule has 0 aliphatic heterocycles. The van der Waals surface area contributed by atoms with E-state index in [2.05, 4.69) is 0 Å². The van der Waals surface area contributed by atoms with E-state index in [1.807, 2.05) is 30.3 Å². The van der Waals surface area contributed by atoms with E-state index in [9.17, 15) is 18.5 Å². The molecular formula is C14H13NO5S. The number of non-ortho nitro benzene ring substituents is 1. The molecule has 0 fully saturated rings. The average molecular weight is 307 g/mol. The SMILES string of the molecule is O=[N+]([O-])c1ccc(S(=O)(=O)OCCc2ccccc2)cc1. The molecule has 0 saturated carbocycles. The van der Waals surface area contributed by atoms with Gasteiger partial charge in [-0.15, -0.1) is 0 Å². The van der Waals surface area contributed by atoms with Crippen LogP contribution in [0.5, 0.6) is 0 Å². The van der Waals surface area contributed by atoms with E-state index in [-0.39, 0.29) is 17.2 Å². The highest BCUT2D eigenvalue weighted by atomic mass is 32.2. The highest BCUT2D eigenvalue weighted by Gasteiger charge is 2.16. The van der Waals surface area contributed by atoms with Gasteiger partial charge in [-0.3, -0.25) is 14.3 Å². The summed E-state index contributed by atoms with van der Waals surface area (Å²) in [6.45, 7) is 0.0172. The van der Waals surface area contributed by atoms with Crippen LogP contribution in [-0.4, -0.2) is 19.9 Å². The number of nitro groups is 1. The van der Waals surface area contributed by atoms with Crippen LogP contribution in [-0.2, 0) is 20.7 Å². The Morgan fingerprint density at radius 2 is 1.62 bits per heavy atom. The normalized spacial score (nSPS) is 11.2. The zero-order valence-electron chi connectivity index (χ0n) is 11.0. The highest BCUT2D eigenvalue weighted by molar-refractivity contribution is 7.86. The van der Waals surface area contributed by atoms with E-state index < -0.39 is 15.0 Å². The number of nitrogens with zero attached hydrogens (tertiary/aromatic N) is 1. The van der Waals surface area contributed by atoms with Crippen molar-refractivity contribution in [1.29, 1.82) is 0 Å². The summed E-state index contributed by atoms with van der Waals surface area (Å²) in [5, 5.41) is 10.5. The van der Waals surface area contributed by atoms with Crippen molar-refractivity contribution in [1.82, 2.24) is 0 Å². The molecule has 0 N–H and O–H groups in total. The van der Waals surface area contributed by atoms with E-state index in [4.69, 9.17) is 4.18 Å². The Bertz CT molecular complexity index is 711. The van der Waals surface area contributed by atoms with Gasteiger partial charge in [0.1, 0.15) is 0 Å². The van der Waals surface area contributed by atoms with Crippen molar-refractivity contribution >= 4 is 15.8 Å². The number of rotatable bonds is 6. The summed E-state index contributed by atoms with van der Waals surface area (Å²) in [5.74, 6) is 0. The Labute approximate surface area is 122 Å². The van der Waals surface area contributed by atoms with Gasteiger partial charge in [-0.2, -0.15) is 8.42 Å². The second-order valence-electron chi connectivity index (χ2n) is 4.26. The van der Waals surface area contributed by atoms with Gasteiger partial charge in [0, 0.05) is 12.1 Å². The third-order valence-corrected chi connectivity index (χ3v) is 4.13. The first-order valence-corrected chi connectivity index (χ1v) is 7.58. The largest absolute Gasteiger partial charge is 0.296 e. The molecule has 2 aromatic carbocycles. The molecule has 0 aliphatic rings. The molecule has 0 saturated heterocycles. The van der Waals surface area contributed by atoms with Crippen LogP contribution in [0, 0.1) is 10.1 Å². The van der Waals surface area contributed by atoms with E-state index in [0.29, 0.717) is 6.42 Å². The van der Waals surface area contributed by atoms with E-state index in [1.54, 1.807) is 0 Å². The Morgan fingerprint density at radius 1 is 1.00 bits per heavy atom. The number of hydrogen-bond acceptors (Lipinski definition) is 5. The smallest absolute Gasteiger partial charge is 0.266 e. The summed E-state index contributed by atoms with van der Waals surface area (Å²) < 4.78 is 28.7. The lowest BCUT2D eigenvalue weighted by Gasteiger charge is -2.05. The first-order chi connectivity index (χ1) is 9.99. The molecule has 21 heavy (non-hydrogen) atoms. The third kappa shape index (κ3) is 4.11. The molecule has 0 unspecified atom stereocenters. The van der Waals surface area contributed by atoms with Gasteiger partial charge in [-0.25, -0.2) is 0 Å². The molecule has 0 spiro atoms. The van der Waals surface area contributed by atoms with Gasteiger partial charge in [0.25, 0.3) is 15.8 Å². The Morgan fingerprint density at radius 3 is 2.19 bits per heavy atom. The van der Waals surface area contributed by atoms with Crippen molar-refractivity contribution in [3.8, 4) is 0 Å². The van der Waals surface area contributed by atoms with Crippen LogP contribution >= 0.6 is 0 Å². The van der Waals surface area contributed by atoms with E-state index in [0.717, 1.165) is 29.8 Å². The van der Waals surface area contributed by atoms with Gasteiger partial charge in [0.2, 0.25) is 0 Å². The monoisotopic (exact) mass is 307 g/mol. The molecule has 110 valence electrons. The third-order valence-electron chi connectivity index (χ3n) is 2.81. The fraction of sp³-hybridized carbons (Fsp3) is 0.143. The minimum Gasteiger partial charge on any atom is -0.266 e. The number of nitro benzene ring substituents is 1.